The van der Waals surface area contributed by atoms with Crippen LogP contribution < -0.4 is 0 Å². The van der Waals surface area contributed by atoms with Crippen molar-refractivity contribution in [3.63, 3.8) is 0 Å². The molecule has 0 saturated carbocycles. The summed E-state index contributed by atoms with van der Waals surface area (Å²) in [6.45, 7) is 3.83. The summed E-state index contributed by atoms with van der Waals surface area (Å²) in [6, 6.07) is 4.84. The number of esters is 1. The molecule has 106 valence electrons. The number of halogens is 2. The highest BCUT2D eigenvalue weighted by Gasteiger charge is 2.17. The zero-order chi connectivity index (χ0) is 14.7. The Morgan fingerprint density at radius 2 is 2.25 bits per heavy atom. The molecule has 0 amide bonds. The summed E-state index contributed by atoms with van der Waals surface area (Å²) >= 11 is 7.10. The molecule has 0 aliphatic carbocycles. The Bertz CT molecular complexity index is 642. The molecule has 2 rings (SSSR count). The Labute approximate surface area is 125 Å². The SMILES string of the molecule is CCOC(=O)c1nc(Cc2cccc(Cl)c2F)sc1C. The van der Waals surface area contributed by atoms with Crippen molar-refractivity contribution in [3.05, 3.63) is 50.2 Å². The van der Waals surface area contributed by atoms with Crippen LogP contribution in [0, 0.1) is 12.7 Å². The fourth-order valence-corrected chi connectivity index (χ4v) is 2.90. The van der Waals surface area contributed by atoms with Crippen LogP contribution in [0.25, 0.3) is 0 Å². The van der Waals surface area contributed by atoms with E-state index in [1.165, 1.54) is 17.4 Å². The molecule has 0 aliphatic rings. The van der Waals surface area contributed by atoms with Gasteiger partial charge in [-0.2, -0.15) is 0 Å². The van der Waals surface area contributed by atoms with Crippen LogP contribution in [-0.2, 0) is 11.2 Å². The molecule has 0 N–H and O–H groups in total. The van der Waals surface area contributed by atoms with Crippen LogP contribution in [0.15, 0.2) is 18.2 Å². The van der Waals surface area contributed by atoms with Gasteiger partial charge in [-0.25, -0.2) is 14.2 Å². The molecule has 0 atom stereocenters. The largest absolute Gasteiger partial charge is 0.461 e. The highest BCUT2D eigenvalue weighted by atomic mass is 35.5. The molecule has 0 bridgehead atoms. The molecule has 0 radical (unpaired) electrons. The number of ether oxygens (including phenoxy) is 1. The second-order valence-electron chi connectivity index (χ2n) is 4.12. The van der Waals surface area contributed by atoms with Gasteiger partial charge in [0.2, 0.25) is 0 Å². The van der Waals surface area contributed by atoms with Crippen LogP contribution in [0.5, 0.6) is 0 Å². The van der Waals surface area contributed by atoms with Crippen molar-refractivity contribution in [2.45, 2.75) is 20.3 Å². The van der Waals surface area contributed by atoms with Crippen molar-refractivity contribution >= 4 is 28.9 Å². The number of carbonyl (C=O) groups is 1. The van der Waals surface area contributed by atoms with Gasteiger partial charge in [0.15, 0.2) is 5.69 Å². The fraction of sp³-hybridized carbons (Fsp3) is 0.286. The lowest BCUT2D eigenvalue weighted by Crippen LogP contribution is -2.06. The van der Waals surface area contributed by atoms with Crippen molar-refractivity contribution in [2.24, 2.45) is 0 Å². The normalized spacial score (nSPS) is 10.6. The van der Waals surface area contributed by atoms with Crippen molar-refractivity contribution in [1.29, 1.82) is 0 Å². The summed E-state index contributed by atoms with van der Waals surface area (Å²) in [5, 5.41) is 0.744. The molecule has 1 heterocycles. The van der Waals surface area contributed by atoms with E-state index in [2.05, 4.69) is 4.98 Å². The average Bonchev–Trinajstić information content (AvgIpc) is 2.76. The third kappa shape index (κ3) is 3.16. The van der Waals surface area contributed by atoms with Crippen molar-refractivity contribution in [3.8, 4) is 0 Å². The van der Waals surface area contributed by atoms with E-state index >= 15 is 0 Å². The molecule has 0 spiro atoms. The van der Waals surface area contributed by atoms with E-state index < -0.39 is 11.8 Å². The van der Waals surface area contributed by atoms with Crippen molar-refractivity contribution in [1.82, 2.24) is 4.98 Å². The molecule has 2 aromatic rings. The Morgan fingerprint density at radius 1 is 1.50 bits per heavy atom. The number of hydrogen-bond donors (Lipinski definition) is 0. The predicted molar refractivity (Wildman–Crippen MR) is 77.0 cm³/mol. The van der Waals surface area contributed by atoms with Crippen molar-refractivity contribution < 1.29 is 13.9 Å². The lowest BCUT2D eigenvalue weighted by molar-refractivity contribution is 0.0519. The van der Waals surface area contributed by atoms with E-state index in [0.717, 1.165) is 4.88 Å². The summed E-state index contributed by atoms with van der Waals surface area (Å²) < 4.78 is 18.8. The van der Waals surface area contributed by atoms with E-state index in [1.807, 2.05) is 0 Å². The van der Waals surface area contributed by atoms with Gasteiger partial charge in [-0.15, -0.1) is 11.3 Å². The number of benzene rings is 1. The predicted octanol–water partition coefficient (Wildman–Crippen LogP) is 4.01. The summed E-state index contributed by atoms with van der Waals surface area (Å²) in [6.07, 6.45) is 0.303. The Kier molecular flexibility index (Phi) is 4.73. The quantitative estimate of drug-likeness (QED) is 0.801. The van der Waals surface area contributed by atoms with E-state index in [9.17, 15) is 9.18 Å². The standard InChI is InChI=1S/C14H13ClFNO2S/c1-3-19-14(18)13-8(2)20-11(17-13)7-9-5-4-6-10(15)12(9)16/h4-6H,3,7H2,1-2H3. The number of nitrogens with zero attached hydrogens (tertiary/aromatic N) is 1. The first-order valence-corrected chi connectivity index (χ1v) is 7.28. The average molecular weight is 314 g/mol. The zero-order valence-electron chi connectivity index (χ0n) is 11.1. The van der Waals surface area contributed by atoms with Gasteiger partial charge in [0.25, 0.3) is 0 Å². The summed E-state index contributed by atoms with van der Waals surface area (Å²) in [5.41, 5.74) is 0.760. The van der Waals surface area contributed by atoms with Gasteiger partial charge in [0, 0.05) is 11.3 Å². The third-order valence-corrected chi connectivity index (χ3v) is 3.95. The first-order chi connectivity index (χ1) is 9.52. The maximum Gasteiger partial charge on any atom is 0.358 e. The number of aryl methyl sites for hydroxylation is 1. The number of carbonyl (C=O) groups excluding carboxylic acids is 1. The minimum Gasteiger partial charge on any atom is -0.461 e. The highest BCUT2D eigenvalue weighted by molar-refractivity contribution is 7.11. The van der Waals surface area contributed by atoms with Crippen LogP contribution in [0.1, 0.15) is 32.9 Å². The lowest BCUT2D eigenvalue weighted by Gasteiger charge is -2.01. The molecule has 0 unspecified atom stereocenters. The Hall–Kier alpha value is -1.46. The molecule has 0 saturated heterocycles. The summed E-state index contributed by atoms with van der Waals surface area (Å²) in [7, 11) is 0. The van der Waals surface area contributed by atoms with Crippen LogP contribution in [-0.4, -0.2) is 17.6 Å². The van der Waals surface area contributed by atoms with E-state index in [-0.39, 0.29) is 5.02 Å². The first kappa shape index (κ1) is 14.9. The molecular weight excluding hydrogens is 301 g/mol. The zero-order valence-corrected chi connectivity index (χ0v) is 12.6. The summed E-state index contributed by atoms with van der Waals surface area (Å²) in [4.78, 5) is 16.7. The maximum atomic E-state index is 13.8. The van der Waals surface area contributed by atoms with Gasteiger partial charge in [-0.05, 0) is 25.5 Å². The number of thiazole rings is 1. The molecule has 20 heavy (non-hydrogen) atoms. The molecular formula is C14H13ClFNO2S. The van der Waals surface area contributed by atoms with Gasteiger partial charge >= 0.3 is 5.97 Å². The monoisotopic (exact) mass is 313 g/mol. The van der Waals surface area contributed by atoms with Gasteiger partial charge in [0.1, 0.15) is 5.82 Å². The number of rotatable bonds is 4. The van der Waals surface area contributed by atoms with Gasteiger partial charge in [0.05, 0.1) is 16.6 Å². The molecule has 1 aromatic heterocycles. The molecule has 0 fully saturated rings. The molecule has 3 nitrogen and oxygen atoms in total. The molecule has 0 aliphatic heterocycles. The molecule has 6 heteroatoms. The lowest BCUT2D eigenvalue weighted by atomic mass is 10.1. The van der Waals surface area contributed by atoms with Gasteiger partial charge in [-0.1, -0.05) is 23.7 Å². The first-order valence-electron chi connectivity index (χ1n) is 6.09. The van der Waals surface area contributed by atoms with Gasteiger partial charge in [-0.3, -0.25) is 0 Å². The Balaban J connectivity index is 2.25. The maximum absolute atomic E-state index is 13.8. The topological polar surface area (TPSA) is 39.2 Å². The fourth-order valence-electron chi connectivity index (χ4n) is 1.76. The smallest absolute Gasteiger partial charge is 0.358 e. The van der Waals surface area contributed by atoms with Crippen LogP contribution in [0.3, 0.4) is 0 Å². The van der Waals surface area contributed by atoms with Crippen LogP contribution in [0.2, 0.25) is 5.02 Å². The third-order valence-electron chi connectivity index (χ3n) is 2.68. The Morgan fingerprint density at radius 3 is 2.95 bits per heavy atom. The number of hydrogen-bond acceptors (Lipinski definition) is 4. The number of aromatic nitrogens is 1. The second-order valence-corrected chi connectivity index (χ2v) is 5.82. The van der Waals surface area contributed by atoms with E-state index in [4.69, 9.17) is 16.3 Å². The van der Waals surface area contributed by atoms with Crippen LogP contribution in [0.4, 0.5) is 4.39 Å². The minimum atomic E-state index is -0.445. The van der Waals surface area contributed by atoms with E-state index in [1.54, 1.807) is 26.0 Å². The van der Waals surface area contributed by atoms with Crippen molar-refractivity contribution in [2.75, 3.05) is 6.61 Å². The van der Waals surface area contributed by atoms with Crippen LogP contribution >= 0.6 is 22.9 Å². The van der Waals surface area contributed by atoms with Gasteiger partial charge < -0.3 is 4.74 Å². The highest BCUT2D eigenvalue weighted by Crippen LogP contribution is 2.24. The summed E-state index contributed by atoms with van der Waals surface area (Å²) in [5.74, 6) is -0.890. The minimum absolute atomic E-state index is 0.0846. The molecule has 1 aromatic carbocycles. The van der Waals surface area contributed by atoms with E-state index in [0.29, 0.717) is 29.3 Å². The second kappa shape index (κ2) is 6.33.